The lowest BCUT2D eigenvalue weighted by Gasteiger charge is -2.13. The predicted octanol–water partition coefficient (Wildman–Crippen LogP) is 4.78. The molecule has 0 saturated heterocycles. The molecule has 0 spiro atoms. The standard InChI is InChI=1S/C16H17BrO2S2/c1-2-19-11-3-4-12(13(17)8-11)16(18)15-7-10-9-20-6-5-14(10)21-15/h3-4,7-8,16,18H,2,5-6,9H2,1H3. The molecular weight excluding hydrogens is 368 g/mol. The van der Waals surface area contributed by atoms with E-state index in [1.807, 2.05) is 36.9 Å². The molecule has 1 atom stereocenters. The van der Waals surface area contributed by atoms with Gasteiger partial charge in [-0.2, -0.15) is 11.8 Å². The monoisotopic (exact) mass is 384 g/mol. The van der Waals surface area contributed by atoms with Gasteiger partial charge in [0.15, 0.2) is 0 Å². The van der Waals surface area contributed by atoms with Gasteiger partial charge in [0.1, 0.15) is 11.9 Å². The van der Waals surface area contributed by atoms with E-state index in [-0.39, 0.29) is 0 Å². The summed E-state index contributed by atoms with van der Waals surface area (Å²) in [5.41, 5.74) is 2.29. The lowest BCUT2D eigenvalue weighted by molar-refractivity contribution is 0.223. The van der Waals surface area contributed by atoms with Crippen LogP contribution in [-0.2, 0) is 12.2 Å². The van der Waals surface area contributed by atoms with Crippen LogP contribution in [0.2, 0.25) is 0 Å². The van der Waals surface area contributed by atoms with Crippen LogP contribution in [0.3, 0.4) is 0 Å². The summed E-state index contributed by atoms with van der Waals surface area (Å²) in [4.78, 5) is 2.47. The molecule has 3 rings (SSSR count). The SMILES string of the molecule is CCOc1ccc(C(O)c2cc3c(s2)CCSC3)c(Br)c1. The number of aliphatic hydroxyl groups excluding tert-OH is 1. The fourth-order valence-electron chi connectivity index (χ4n) is 2.44. The summed E-state index contributed by atoms with van der Waals surface area (Å²) < 4.78 is 6.37. The Balaban J connectivity index is 1.87. The molecule has 1 aromatic heterocycles. The second-order valence-electron chi connectivity index (χ2n) is 4.92. The van der Waals surface area contributed by atoms with E-state index >= 15 is 0 Å². The molecule has 5 heteroatoms. The van der Waals surface area contributed by atoms with Crippen molar-refractivity contribution < 1.29 is 9.84 Å². The van der Waals surface area contributed by atoms with Gasteiger partial charge in [0.25, 0.3) is 0 Å². The van der Waals surface area contributed by atoms with Crippen LogP contribution in [0.5, 0.6) is 5.75 Å². The molecule has 1 unspecified atom stereocenters. The third kappa shape index (κ3) is 3.31. The van der Waals surface area contributed by atoms with Gasteiger partial charge >= 0.3 is 0 Å². The zero-order valence-electron chi connectivity index (χ0n) is 11.8. The summed E-state index contributed by atoms with van der Waals surface area (Å²) in [6.07, 6.45) is 0.553. The molecule has 0 saturated carbocycles. The number of rotatable bonds is 4. The number of hydrogen-bond acceptors (Lipinski definition) is 4. The van der Waals surface area contributed by atoms with Crippen molar-refractivity contribution in [3.63, 3.8) is 0 Å². The Morgan fingerprint density at radius 1 is 1.38 bits per heavy atom. The number of ether oxygens (including phenoxy) is 1. The third-order valence-electron chi connectivity index (χ3n) is 3.49. The molecule has 2 nitrogen and oxygen atoms in total. The third-order valence-corrected chi connectivity index (χ3v) is 6.48. The highest BCUT2D eigenvalue weighted by Gasteiger charge is 2.20. The summed E-state index contributed by atoms with van der Waals surface area (Å²) in [6, 6.07) is 7.94. The number of benzene rings is 1. The van der Waals surface area contributed by atoms with Gasteiger partial charge < -0.3 is 9.84 Å². The van der Waals surface area contributed by atoms with Crippen molar-refractivity contribution in [3.8, 4) is 5.75 Å². The van der Waals surface area contributed by atoms with Crippen molar-refractivity contribution in [2.45, 2.75) is 25.2 Å². The Morgan fingerprint density at radius 3 is 2.95 bits per heavy atom. The maximum Gasteiger partial charge on any atom is 0.120 e. The molecule has 2 aromatic rings. The zero-order chi connectivity index (χ0) is 14.8. The van der Waals surface area contributed by atoms with Crippen LogP contribution in [0.4, 0.5) is 0 Å². The second kappa shape index (κ2) is 6.73. The van der Waals surface area contributed by atoms with E-state index in [0.29, 0.717) is 6.61 Å². The van der Waals surface area contributed by atoms with Gasteiger partial charge in [-0.25, -0.2) is 0 Å². The summed E-state index contributed by atoms with van der Waals surface area (Å²) in [6.45, 7) is 2.61. The Morgan fingerprint density at radius 2 is 2.24 bits per heavy atom. The minimum absolute atomic E-state index is 0.573. The van der Waals surface area contributed by atoms with Crippen LogP contribution in [0, 0.1) is 0 Å². The van der Waals surface area contributed by atoms with Crippen molar-refractivity contribution >= 4 is 39.0 Å². The van der Waals surface area contributed by atoms with E-state index in [1.165, 1.54) is 16.2 Å². The number of thioether (sulfide) groups is 1. The maximum atomic E-state index is 10.7. The summed E-state index contributed by atoms with van der Waals surface area (Å²) in [5.74, 6) is 3.08. The van der Waals surface area contributed by atoms with Gasteiger partial charge in [-0.1, -0.05) is 22.0 Å². The first-order valence-corrected chi connectivity index (χ1v) is 9.75. The van der Waals surface area contributed by atoms with E-state index in [2.05, 4.69) is 22.0 Å². The Bertz CT molecular complexity index is 616. The highest BCUT2D eigenvalue weighted by Crippen LogP contribution is 2.38. The lowest BCUT2D eigenvalue weighted by Crippen LogP contribution is -1.99. The van der Waals surface area contributed by atoms with Crippen LogP contribution in [-0.4, -0.2) is 17.5 Å². The van der Waals surface area contributed by atoms with Gasteiger partial charge in [-0.15, -0.1) is 11.3 Å². The maximum absolute atomic E-state index is 10.7. The van der Waals surface area contributed by atoms with Gasteiger partial charge in [0, 0.05) is 25.5 Å². The number of aliphatic hydroxyl groups is 1. The minimum atomic E-state index is -0.573. The predicted molar refractivity (Wildman–Crippen MR) is 93.6 cm³/mol. The Labute approximate surface area is 141 Å². The highest BCUT2D eigenvalue weighted by atomic mass is 79.9. The molecule has 1 aliphatic rings. The molecule has 0 bridgehead atoms. The van der Waals surface area contributed by atoms with Crippen LogP contribution in [0.15, 0.2) is 28.7 Å². The zero-order valence-corrected chi connectivity index (χ0v) is 15.0. The Kier molecular flexibility index (Phi) is 4.94. The molecule has 0 amide bonds. The highest BCUT2D eigenvalue weighted by molar-refractivity contribution is 9.10. The molecule has 21 heavy (non-hydrogen) atoms. The second-order valence-corrected chi connectivity index (χ2v) is 8.05. The number of fused-ring (bicyclic) bond motifs is 1. The molecule has 2 heterocycles. The van der Waals surface area contributed by atoms with Crippen molar-refractivity contribution in [1.82, 2.24) is 0 Å². The van der Waals surface area contributed by atoms with Gasteiger partial charge in [-0.05, 0) is 42.9 Å². The fourth-order valence-corrected chi connectivity index (χ4v) is 5.40. The van der Waals surface area contributed by atoms with Crippen molar-refractivity contribution in [2.75, 3.05) is 12.4 Å². The first-order valence-electron chi connectivity index (χ1n) is 6.98. The van der Waals surface area contributed by atoms with Crippen LogP contribution in [0.1, 0.15) is 33.9 Å². The Hall–Kier alpha value is -0.490. The number of halogens is 1. The van der Waals surface area contributed by atoms with Crippen molar-refractivity contribution in [2.24, 2.45) is 0 Å². The quantitative estimate of drug-likeness (QED) is 0.821. The molecule has 0 aliphatic carbocycles. The van der Waals surface area contributed by atoms with Crippen LogP contribution < -0.4 is 4.74 Å². The molecular formula is C16H17BrO2S2. The summed E-state index contributed by atoms with van der Waals surface area (Å²) >= 11 is 7.26. The topological polar surface area (TPSA) is 29.5 Å². The molecule has 0 fully saturated rings. The average molecular weight is 385 g/mol. The molecule has 1 aromatic carbocycles. The van der Waals surface area contributed by atoms with Gasteiger partial charge in [0.05, 0.1) is 6.61 Å². The van der Waals surface area contributed by atoms with E-state index in [0.717, 1.165) is 32.8 Å². The summed E-state index contributed by atoms with van der Waals surface area (Å²) in [7, 11) is 0. The van der Waals surface area contributed by atoms with Crippen LogP contribution >= 0.6 is 39.0 Å². The van der Waals surface area contributed by atoms with Crippen LogP contribution in [0.25, 0.3) is 0 Å². The number of thiophene rings is 1. The van der Waals surface area contributed by atoms with E-state index in [4.69, 9.17) is 4.74 Å². The lowest BCUT2D eigenvalue weighted by atomic mass is 10.1. The van der Waals surface area contributed by atoms with Crippen molar-refractivity contribution in [1.29, 1.82) is 0 Å². The molecule has 0 radical (unpaired) electrons. The molecule has 112 valence electrons. The average Bonchev–Trinajstić information content (AvgIpc) is 2.91. The van der Waals surface area contributed by atoms with E-state index < -0.39 is 6.10 Å². The molecule has 1 aliphatic heterocycles. The first kappa shape index (κ1) is 15.4. The largest absolute Gasteiger partial charge is 0.494 e. The normalized spacial score (nSPS) is 15.6. The molecule has 1 N–H and O–H groups in total. The van der Waals surface area contributed by atoms with Crippen molar-refractivity contribution in [3.05, 3.63) is 49.6 Å². The van der Waals surface area contributed by atoms with E-state index in [9.17, 15) is 5.11 Å². The van der Waals surface area contributed by atoms with Gasteiger partial charge in [0.2, 0.25) is 0 Å². The fraction of sp³-hybridized carbons (Fsp3) is 0.375. The first-order chi connectivity index (χ1) is 10.2. The number of hydrogen-bond donors (Lipinski definition) is 1. The smallest absolute Gasteiger partial charge is 0.120 e. The summed E-state index contributed by atoms with van der Waals surface area (Å²) in [5, 5.41) is 10.7. The number of aryl methyl sites for hydroxylation is 1. The van der Waals surface area contributed by atoms with Gasteiger partial charge in [-0.3, -0.25) is 0 Å². The van der Waals surface area contributed by atoms with E-state index in [1.54, 1.807) is 11.3 Å². The minimum Gasteiger partial charge on any atom is -0.494 e.